The molecule has 4 aromatic heterocycles. The van der Waals surface area contributed by atoms with Crippen molar-refractivity contribution in [2.24, 2.45) is 7.05 Å². The van der Waals surface area contributed by atoms with Crippen LogP contribution in [0.15, 0.2) is 60.2 Å². The molecule has 1 aromatic carbocycles. The summed E-state index contributed by atoms with van der Waals surface area (Å²) in [6.45, 7) is 9.45. The quantitative estimate of drug-likeness (QED) is 0.286. The molecule has 12 nitrogen and oxygen atoms in total. The summed E-state index contributed by atoms with van der Waals surface area (Å²) in [5, 5.41) is 20.0. The first kappa shape index (κ1) is 26.4. The van der Waals surface area contributed by atoms with Gasteiger partial charge in [0.1, 0.15) is 11.0 Å². The van der Waals surface area contributed by atoms with E-state index in [2.05, 4.69) is 49.9 Å². The second kappa shape index (κ2) is 9.50. The van der Waals surface area contributed by atoms with Gasteiger partial charge in [-0.3, -0.25) is 14.4 Å². The van der Waals surface area contributed by atoms with E-state index in [-0.39, 0.29) is 12.1 Å². The van der Waals surface area contributed by atoms with E-state index in [1.807, 2.05) is 24.0 Å². The third-order valence-electron chi connectivity index (χ3n) is 8.48. The number of nitrogens with one attached hydrogen (secondary N) is 1. The van der Waals surface area contributed by atoms with Gasteiger partial charge >= 0.3 is 0 Å². The average molecular weight is 567 g/mol. The van der Waals surface area contributed by atoms with E-state index in [0.717, 1.165) is 41.8 Å². The Bertz CT molecular complexity index is 1910. The second-order valence-electron chi connectivity index (χ2n) is 11.8. The van der Waals surface area contributed by atoms with Crippen LogP contribution in [0.2, 0.25) is 0 Å². The SMILES string of the molecule is C=CCn1c(=O)c2cnc(Nc3cc(N4C[C@H]5C[C@@H]4CN5C)c4cnn(C)c4c3)nc2n1-c1cccc(C(C)(C)O)n1. The molecular weight excluding hydrogens is 532 g/mol. The van der Waals surface area contributed by atoms with E-state index in [1.165, 1.54) is 4.68 Å². The molecule has 0 saturated carbocycles. The van der Waals surface area contributed by atoms with Crippen LogP contribution in [0.3, 0.4) is 0 Å². The first-order chi connectivity index (χ1) is 20.1. The van der Waals surface area contributed by atoms with Gasteiger partial charge in [-0.2, -0.15) is 10.1 Å². The third-order valence-corrected chi connectivity index (χ3v) is 8.48. The number of allylic oxidation sites excluding steroid dienone is 1. The molecule has 0 unspecified atom stereocenters. The lowest BCUT2D eigenvalue weighted by molar-refractivity contribution is 0.0738. The van der Waals surface area contributed by atoms with Gasteiger partial charge < -0.3 is 15.3 Å². The summed E-state index contributed by atoms with van der Waals surface area (Å²) < 4.78 is 5.06. The molecule has 2 fully saturated rings. The van der Waals surface area contributed by atoms with Gasteiger partial charge in [0.2, 0.25) is 5.95 Å². The summed E-state index contributed by atoms with van der Waals surface area (Å²) in [6, 6.07) is 10.6. The van der Waals surface area contributed by atoms with Crippen molar-refractivity contribution in [1.82, 2.24) is 39.0 Å². The van der Waals surface area contributed by atoms with Crippen LogP contribution in [-0.2, 0) is 19.2 Å². The van der Waals surface area contributed by atoms with E-state index in [0.29, 0.717) is 40.6 Å². The summed E-state index contributed by atoms with van der Waals surface area (Å²) in [5.41, 5.74) is 2.46. The topological polar surface area (TPSA) is 122 Å². The predicted octanol–water partition coefficient (Wildman–Crippen LogP) is 2.91. The zero-order chi connectivity index (χ0) is 29.3. The fourth-order valence-electron chi connectivity index (χ4n) is 6.32. The number of hydrogen-bond donors (Lipinski definition) is 2. The molecule has 2 aliphatic rings. The van der Waals surface area contributed by atoms with Crippen LogP contribution < -0.4 is 15.8 Å². The van der Waals surface area contributed by atoms with Crippen molar-refractivity contribution in [1.29, 1.82) is 0 Å². The largest absolute Gasteiger partial charge is 0.384 e. The Labute approximate surface area is 242 Å². The summed E-state index contributed by atoms with van der Waals surface area (Å²) in [6.07, 6.45) is 6.29. The lowest BCUT2D eigenvalue weighted by Crippen LogP contribution is -2.44. The molecule has 216 valence electrons. The van der Waals surface area contributed by atoms with E-state index < -0.39 is 5.60 Å². The minimum atomic E-state index is -1.16. The molecule has 0 radical (unpaired) electrons. The molecular formula is C30H34N10O2. The van der Waals surface area contributed by atoms with E-state index in [1.54, 1.807) is 49.0 Å². The molecule has 7 rings (SSSR count). The number of aryl methyl sites for hydroxylation is 1. The number of rotatable bonds is 7. The fourth-order valence-corrected chi connectivity index (χ4v) is 6.32. The predicted molar refractivity (Wildman–Crippen MR) is 163 cm³/mol. The first-order valence-corrected chi connectivity index (χ1v) is 14.1. The molecule has 0 aliphatic carbocycles. The maximum Gasteiger partial charge on any atom is 0.278 e. The Morgan fingerprint density at radius 3 is 2.67 bits per heavy atom. The van der Waals surface area contributed by atoms with Gasteiger partial charge in [-0.05, 0) is 51.6 Å². The number of pyridine rings is 1. The normalized spacial score (nSPS) is 18.9. The lowest BCUT2D eigenvalue weighted by Gasteiger charge is -2.34. The molecule has 2 saturated heterocycles. The van der Waals surface area contributed by atoms with Crippen LogP contribution in [0.1, 0.15) is 26.0 Å². The highest BCUT2D eigenvalue weighted by atomic mass is 16.3. The number of piperazine rings is 1. The highest BCUT2D eigenvalue weighted by molar-refractivity contribution is 5.96. The van der Waals surface area contributed by atoms with Crippen LogP contribution >= 0.6 is 0 Å². The number of hydrogen-bond acceptors (Lipinski definition) is 9. The Morgan fingerprint density at radius 1 is 1.12 bits per heavy atom. The number of aliphatic hydroxyl groups is 1. The smallest absolute Gasteiger partial charge is 0.278 e. The minimum Gasteiger partial charge on any atom is -0.384 e. The molecule has 6 heterocycles. The lowest BCUT2D eigenvalue weighted by atomic mass is 10.1. The van der Waals surface area contributed by atoms with Gasteiger partial charge in [-0.15, -0.1) is 6.58 Å². The Kier molecular flexibility index (Phi) is 5.96. The zero-order valence-electron chi connectivity index (χ0n) is 24.2. The number of aromatic nitrogens is 7. The van der Waals surface area contributed by atoms with Gasteiger partial charge in [-0.1, -0.05) is 12.1 Å². The Balaban J connectivity index is 1.33. The second-order valence-corrected chi connectivity index (χ2v) is 11.8. The fraction of sp³-hybridized carbons (Fsp3) is 0.367. The van der Waals surface area contributed by atoms with Gasteiger partial charge in [-0.25, -0.2) is 19.3 Å². The third kappa shape index (κ3) is 4.17. The maximum atomic E-state index is 13.4. The highest BCUT2D eigenvalue weighted by Gasteiger charge is 2.42. The van der Waals surface area contributed by atoms with Gasteiger partial charge in [0, 0.05) is 49.5 Å². The highest BCUT2D eigenvalue weighted by Crippen LogP contribution is 2.39. The molecule has 12 heteroatoms. The van der Waals surface area contributed by atoms with Crippen molar-refractivity contribution in [3.05, 3.63) is 71.4 Å². The molecule has 2 aliphatic heterocycles. The Hall–Kier alpha value is -4.55. The van der Waals surface area contributed by atoms with Gasteiger partial charge in [0.05, 0.1) is 29.6 Å². The number of likely N-dealkylation sites (N-methyl/N-ethyl adjacent to an activating group) is 1. The standard InChI is InChI=1S/C30H34N10O2/c1-6-10-39-28(41)22-14-31-29(35-27(22)40(39)26-9-7-8-25(34-26)30(2,3)42)33-18-11-23-21(15-32-37(23)5)24(12-18)38-17-19-13-20(38)16-36(19)4/h6-9,11-12,14-15,19-20,42H,1,10,13,16-17H2,2-5H3,(H,31,33,35)/t19-,20-/m1/s1. The number of nitrogens with zero attached hydrogens (tertiary/aromatic N) is 9. The van der Waals surface area contributed by atoms with E-state index in [9.17, 15) is 9.90 Å². The number of fused-ring (bicyclic) bond motifs is 4. The number of anilines is 3. The van der Waals surface area contributed by atoms with E-state index >= 15 is 0 Å². The molecule has 5 aromatic rings. The van der Waals surface area contributed by atoms with Crippen LogP contribution in [0, 0.1) is 0 Å². The maximum absolute atomic E-state index is 13.4. The summed E-state index contributed by atoms with van der Waals surface area (Å²) in [4.78, 5) is 32.3. The van der Waals surface area contributed by atoms with Crippen LogP contribution in [0.25, 0.3) is 27.8 Å². The van der Waals surface area contributed by atoms with Crippen LogP contribution in [0.5, 0.6) is 0 Å². The van der Waals surface area contributed by atoms with Crippen molar-refractivity contribution in [3.8, 4) is 5.82 Å². The van der Waals surface area contributed by atoms with Crippen LogP contribution in [0.4, 0.5) is 17.3 Å². The summed E-state index contributed by atoms with van der Waals surface area (Å²) in [5.74, 6) is 0.807. The Morgan fingerprint density at radius 2 is 1.95 bits per heavy atom. The monoisotopic (exact) mass is 566 g/mol. The van der Waals surface area contributed by atoms with Gasteiger partial charge in [0.15, 0.2) is 11.5 Å². The molecule has 0 amide bonds. The molecule has 2 N–H and O–H groups in total. The molecule has 2 bridgehead atoms. The average Bonchev–Trinajstić information content (AvgIpc) is 3.71. The van der Waals surface area contributed by atoms with Crippen molar-refractivity contribution in [2.75, 3.05) is 30.4 Å². The molecule has 2 atom stereocenters. The zero-order valence-corrected chi connectivity index (χ0v) is 24.2. The minimum absolute atomic E-state index is 0.250. The van der Waals surface area contributed by atoms with Crippen molar-refractivity contribution >= 4 is 39.3 Å². The summed E-state index contributed by atoms with van der Waals surface area (Å²) >= 11 is 0. The van der Waals surface area contributed by atoms with Crippen molar-refractivity contribution in [3.63, 3.8) is 0 Å². The number of likely N-dealkylation sites (tertiary alicyclic amines) is 1. The van der Waals surface area contributed by atoms with Crippen molar-refractivity contribution < 1.29 is 5.11 Å². The summed E-state index contributed by atoms with van der Waals surface area (Å²) in [7, 11) is 4.14. The van der Waals surface area contributed by atoms with E-state index in [4.69, 9.17) is 4.98 Å². The number of benzene rings is 1. The molecule has 0 spiro atoms. The van der Waals surface area contributed by atoms with Gasteiger partial charge in [0.25, 0.3) is 5.56 Å². The molecule has 42 heavy (non-hydrogen) atoms. The van der Waals surface area contributed by atoms with Crippen molar-refractivity contribution in [2.45, 2.75) is 44.5 Å². The first-order valence-electron chi connectivity index (χ1n) is 14.1. The van der Waals surface area contributed by atoms with Crippen LogP contribution in [-0.4, -0.2) is 76.3 Å².